The van der Waals surface area contributed by atoms with Crippen LogP contribution in [0.25, 0.3) is 5.65 Å². The molecule has 8 heteroatoms. The number of rotatable bonds is 5. The van der Waals surface area contributed by atoms with Crippen LogP contribution in [0, 0.1) is 6.92 Å². The molecule has 3 aromatic rings. The predicted octanol–water partition coefficient (Wildman–Crippen LogP) is 2.65. The molecule has 1 N–H and O–H groups in total. The predicted molar refractivity (Wildman–Crippen MR) is 78.9 cm³/mol. The summed E-state index contributed by atoms with van der Waals surface area (Å²) in [7, 11) is 0. The Morgan fingerprint density at radius 2 is 2.04 bits per heavy atom. The first-order valence-corrected chi connectivity index (χ1v) is 7.18. The SMILES string of the molecule is Cc1cccn2c(CNCCn3ccc(C(F)(F)F)n3)cnc12. The molecular formula is C15H16F3N5. The highest BCUT2D eigenvalue weighted by Gasteiger charge is 2.33. The highest BCUT2D eigenvalue weighted by atomic mass is 19.4. The number of imidazole rings is 1. The Kier molecular flexibility index (Phi) is 4.08. The molecule has 0 aliphatic carbocycles. The van der Waals surface area contributed by atoms with Gasteiger partial charge in [0.2, 0.25) is 0 Å². The minimum Gasteiger partial charge on any atom is -0.309 e. The molecule has 0 atom stereocenters. The van der Waals surface area contributed by atoms with Crippen molar-refractivity contribution in [3.63, 3.8) is 0 Å². The van der Waals surface area contributed by atoms with Gasteiger partial charge in [0.05, 0.1) is 18.4 Å². The number of fused-ring (bicyclic) bond motifs is 1. The van der Waals surface area contributed by atoms with Gasteiger partial charge in [0.15, 0.2) is 5.69 Å². The molecule has 0 fully saturated rings. The van der Waals surface area contributed by atoms with E-state index in [1.165, 1.54) is 10.9 Å². The van der Waals surface area contributed by atoms with E-state index in [1.807, 2.05) is 29.7 Å². The quantitative estimate of drug-likeness (QED) is 0.734. The van der Waals surface area contributed by atoms with E-state index in [0.29, 0.717) is 19.6 Å². The van der Waals surface area contributed by atoms with Crippen LogP contribution in [0.2, 0.25) is 0 Å². The fraction of sp³-hybridized carbons (Fsp3) is 0.333. The van der Waals surface area contributed by atoms with Crippen molar-refractivity contribution in [2.24, 2.45) is 0 Å². The maximum absolute atomic E-state index is 12.5. The number of aromatic nitrogens is 4. The number of alkyl halides is 3. The van der Waals surface area contributed by atoms with Crippen molar-refractivity contribution in [2.45, 2.75) is 26.2 Å². The smallest absolute Gasteiger partial charge is 0.309 e. The van der Waals surface area contributed by atoms with Gasteiger partial charge in [0.1, 0.15) is 5.65 Å². The van der Waals surface area contributed by atoms with E-state index in [4.69, 9.17) is 0 Å². The van der Waals surface area contributed by atoms with E-state index >= 15 is 0 Å². The third-order valence-electron chi connectivity index (χ3n) is 3.56. The Morgan fingerprint density at radius 1 is 1.22 bits per heavy atom. The fourth-order valence-electron chi connectivity index (χ4n) is 2.38. The third-order valence-corrected chi connectivity index (χ3v) is 3.56. The molecule has 3 rings (SSSR count). The van der Waals surface area contributed by atoms with E-state index in [9.17, 15) is 13.2 Å². The van der Waals surface area contributed by atoms with Crippen molar-refractivity contribution in [1.29, 1.82) is 0 Å². The van der Waals surface area contributed by atoms with Crippen LogP contribution in [0.5, 0.6) is 0 Å². The molecule has 0 unspecified atom stereocenters. The number of halogens is 3. The molecule has 0 amide bonds. The Morgan fingerprint density at radius 3 is 2.78 bits per heavy atom. The summed E-state index contributed by atoms with van der Waals surface area (Å²) in [6, 6.07) is 4.93. The third kappa shape index (κ3) is 3.37. The first-order valence-electron chi connectivity index (χ1n) is 7.18. The summed E-state index contributed by atoms with van der Waals surface area (Å²) >= 11 is 0. The lowest BCUT2D eigenvalue weighted by Gasteiger charge is -2.06. The minimum absolute atomic E-state index is 0.367. The molecule has 122 valence electrons. The molecule has 5 nitrogen and oxygen atoms in total. The van der Waals surface area contributed by atoms with E-state index in [2.05, 4.69) is 15.4 Å². The van der Waals surface area contributed by atoms with Crippen molar-refractivity contribution >= 4 is 5.65 Å². The van der Waals surface area contributed by atoms with Gasteiger partial charge in [-0.15, -0.1) is 0 Å². The van der Waals surface area contributed by atoms with E-state index < -0.39 is 11.9 Å². The molecule has 0 bridgehead atoms. The molecule has 0 aliphatic rings. The second-order valence-corrected chi connectivity index (χ2v) is 5.27. The maximum atomic E-state index is 12.5. The van der Waals surface area contributed by atoms with Crippen LogP contribution in [0.4, 0.5) is 13.2 Å². The number of pyridine rings is 1. The lowest BCUT2D eigenvalue weighted by Crippen LogP contribution is -2.21. The molecule has 0 spiro atoms. The maximum Gasteiger partial charge on any atom is 0.435 e. The van der Waals surface area contributed by atoms with Crippen LogP contribution in [0.1, 0.15) is 17.0 Å². The second-order valence-electron chi connectivity index (χ2n) is 5.27. The Balaban J connectivity index is 1.55. The van der Waals surface area contributed by atoms with Gasteiger partial charge in [0, 0.05) is 25.5 Å². The van der Waals surface area contributed by atoms with Crippen LogP contribution < -0.4 is 5.32 Å². The standard InChI is InChI=1S/C15H16F3N5/c1-11-3-2-6-23-12(10-20-14(11)23)9-19-5-8-22-7-4-13(21-22)15(16,17)18/h2-4,6-7,10,19H,5,8-9H2,1H3. The van der Waals surface area contributed by atoms with Crippen LogP contribution in [0.3, 0.4) is 0 Å². The molecule has 3 aromatic heterocycles. The zero-order chi connectivity index (χ0) is 16.4. The minimum atomic E-state index is -4.40. The summed E-state index contributed by atoms with van der Waals surface area (Å²) in [4.78, 5) is 4.37. The van der Waals surface area contributed by atoms with Gasteiger partial charge in [-0.2, -0.15) is 18.3 Å². The van der Waals surface area contributed by atoms with Crippen molar-refractivity contribution in [1.82, 2.24) is 24.5 Å². The average Bonchev–Trinajstić information content (AvgIpc) is 3.11. The number of nitrogens with one attached hydrogen (secondary N) is 1. The highest BCUT2D eigenvalue weighted by Crippen LogP contribution is 2.27. The van der Waals surface area contributed by atoms with Gasteiger partial charge >= 0.3 is 6.18 Å². The van der Waals surface area contributed by atoms with Gasteiger partial charge in [0.25, 0.3) is 0 Å². The lowest BCUT2D eigenvalue weighted by molar-refractivity contribution is -0.141. The molecule has 0 saturated heterocycles. The Bertz CT molecular complexity index is 803. The van der Waals surface area contributed by atoms with E-state index in [-0.39, 0.29) is 0 Å². The van der Waals surface area contributed by atoms with Gasteiger partial charge in [-0.05, 0) is 24.6 Å². The number of nitrogens with zero attached hydrogens (tertiary/aromatic N) is 4. The molecule has 0 radical (unpaired) electrons. The number of hydrogen-bond acceptors (Lipinski definition) is 3. The van der Waals surface area contributed by atoms with Crippen molar-refractivity contribution in [3.05, 3.63) is 53.7 Å². The molecule has 3 heterocycles. The van der Waals surface area contributed by atoms with Gasteiger partial charge in [-0.25, -0.2) is 4.98 Å². The largest absolute Gasteiger partial charge is 0.435 e. The van der Waals surface area contributed by atoms with Gasteiger partial charge in [-0.1, -0.05) is 6.07 Å². The van der Waals surface area contributed by atoms with E-state index in [0.717, 1.165) is 23.0 Å². The summed E-state index contributed by atoms with van der Waals surface area (Å²) in [5.74, 6) is 0. The average molecular weight is 323 g/mol. The molecule has 0 aliphatic heterocycles. The van der Waals surface area contributed by atoms with Gasteiger partial charge in [-0.3, -0.25) is 4.68 Å². The summed E-state index contributed by atoms with van der Waals surface area (Å²) < 4.78 is 40.6. The lowest BCUT2D eigenvalue weighted by atomic mass is 10.3. The van der Waals surface area contributed by atoms with Gasteiger partial charge < -0.3 is 9.72 Å². The second kappa shape index (κ2) is 6.04. The summed E-state index contributed by atoms with van der Waals surface area (Å²) in [6.45, 7) is 3.46. The van der Waals surface area contributed by atoms with Crippen LogP contribution in [-0.4, -0.2) is 25.7 Å². The topological polar surface area (TPSA) is 47.1 Å². The first-order chi connectivity index (χ1) is 10.9. The van der Waals surface area contributed by atoms with Crippen molar-refractivity contribution in [2.75, 3.05) is 6.54 Å². The summed E-state index contributed by atoms with van der Waals surface area (Å²) in [5.41, 5.74) is 2.14. The molecular weight excluding hydrogens is 307 g/mol. The molecule has 23 heavy (non-hydrogen) atoms. The van der Waals surface area contributed by atoms with Crippen molar-refractivity contribution in [3.8, 4) is 0 Å². The Hall–Kier alpha value is -2.35. The molecule has 0 aromatic carbocycles. The Labute approximate surface area is 130 Å². The van der Waals surface area contributed by atoms with Crippen LogP contribution in [-0.2, 0) is 19.3 Å². The van der Waals surface area contributed by atoms with E-state index in [1.54, 1.807) is 6.20 Å². The summed E-state index contributed by atoms with van der Waals surface area (Å²) in [6.07, 6.45) is 0.676. The number of aryl methyl sites for hydroxylation is 1. The fourth-order valence-corrected chi connectivity index (χ4v) is 2.38. The molecule has 0 saturated carbocycles. The zero-order valence-corrected chi connectivity index (χ0v) is 12.5. The van der Waals surface area contributed by atoms with Crippen LogP contribution >= 0.6 is 0 Å². The van der Waals surface area contributed by atoms with Crippen LogP contribution in [0.15, 0.2) is 36.8 Å². The number of hydrogen-bond donors (Lipinski definition) is 1. The van der Waals surface area contributed by atoms with Crippen molar-refractivity contribution < 1.29 is 13.2 Å². The monoisotopic (exact) mass is 323 g/mol. The highest BCUT2D eigenvalue weighted by molar-refractivity contribution is 5.48. The summed E-state index contributed by atoms with van der Waals surface area (Å²) in [5, 5.41) is 6.70. The zero-order valence-electron chi connectivity index (χ0n) is 12.5. The first kappa shape index (κ1) is 15.5. The normalized spacial score (nSPS) is 12.2.